The molecule has 0 spiro atoms. The molecular weight excluding hydrogens is 228 g/mol. The Kier molecular flexibility index (Phi) is 3.72. The second-order valence-electron chi connectivity index (χ2n) is 4.06. The van der Waals surface area contributed by atoms with Gasteiger partial charge in [0.1, 0.15) is 5.82 Å². The second kappa shape index (κ2) is 5.44. The summed E-state index contributed by atoms with van der Waals surface area (Å²) in [5, 5.41) is 3.13. The van der Waals surface area contributed by atoms with Crippen molar-refractivity contribution in [1.82, 2.24) is 14.5 Å². The van der Waals surface area contributed by atoms with E-state index in [9.17, 15) is 4.79 Å². The lowest BCUT2D eigenvalue weighted by Gasteiger charge is -2.06. The minimum atomic E-state index is -0.231. The number of pyridine rings is 1. The van der Waals surface area contributed by atoms with E-state index in [1.165, 1.54) is 0 Å². The van der Waals surface area contributed by atoms with E-state index in [0.29, 0.717) is 6.54 Å². The van der Waals surface area contributed by atoms with Gasteiger partial charge in [-0.05, 0) is 31.5 Å². The maximum Gasteiger partial charge on any atom is 0.348 e. The van der Waals surface area contributed by atoms with Crippen molar-refractivity contribution in [2.75, 3.05) is 11.9 Å². The van der Waals surface area contributed by atoms with Crippen molar-refractivity contribution < 1.29 is 0 Å². The normalized spacial score (nSPS) is 10.3. The first-order valence-electron chi connectivity index (χ1n) is 5.92. The van der Waals surface area contributed by atoms with E-state index in [2.05, 4.69) is 15.3 Å². The van der Waals surface area contributed by atoms with Crippen LogP contribution >= 0.6 is 0 Å². The maximum atomic E-state index is 11.6. The topological polar surface area (TPSA) is 59.8 Å². The Balaban J connectivity index is 2.16. The molecule has 5 nitrogen and oxygen atoms in total. The second-order valence-corrected chi connectivity index (χ2v) is 4.06. The van der Waals surface area contributed by atoms with Gasteiger partial charge in [0.15, 0.2) is 0 Å². The summed E-state index contributed by atoms with van der Waals surface area (Å²) >= 11 is 0. The molecule has 0 amide bonds. The van der Waals surface area contributed by atoms with Gasteiger partial charge < -0.3 is 5.32 Å². The average molecular weight is 244 g/mol. The molecule has 0 aromatic carbocycles. The van der Waals surface area contributed by atoms with Gasteiger partial charge >= 0.3 is 5.69 Å². The van der Waals surface area contributed by atoms with Crippen molar-refractivity contribution in [1.29, 1.82) is 0 Å². The van der Waals surface area contributed by atoms with Crippen molar-refractivity contribution in [3.05, 3.63) is 52.3 Å². The molecule has 1 N–H and O–H groups in total. The van der Waals surface area contributed by atoms with Crippen LogP contribution in [0.15, 0.2) is 35.4 Å². The molecule has 94 valence electrons. The van der Waals surface area contributed by atoms with E-state index in [1.807, 2.05) is 25.1 Å². The van der Waals surface area contributed by atoms with Crippen LogP contribution < -0.4 is 11.0 Å². The Hall–Kier alpha value is -2.17. The molecule has 5 heteroatoms. The van der Waals surface area contributed by atoms with Crippen molar-refractivity contribution in [2.24, 2.45) is 0 Å². The van der Waals surface area contributed by atoms with Crippen LogP contribution in [-0.4, -0.2) is 21.1 Å². The smallest absolute Gasteiger partial charge is 0.348 e. The molecule has 2 aromatic heterocycles. The summed E-state index contributed by atoms with van der Waals surface area (Å²) in [7, 11) is 0. The number of hydrogen-bond donors (Lipinski definition) is 1. The van der Waals surface area contributed by atoms with Crippen molar-refractivity contribution >= 4 is 5.82 Å². The minimum Gasteiger partial charge on any atom is -0.370 e. The standard InChI is InChI=1S/C13H16N4O/c1-3-14-12-5-4-11(8-15-12)9-17-7-6-10(2)16-13(17)18/h4-8H,3,9H2,1-2H3,(H,14,15). The summed E-state index contributed by atoms with van der Waals surface area (Å²) in [6.07, 6.45) is 3.52. The van der Waals surface area contributed by atoms with Crippen molar-refractivity contribution in [3.63, 3.8) is 0 Å². The fraction of sp³-hybridized carbons (Fsp3) is 0.308. The van der Waals surface area contributed by atoms with Crippen LogP contribution in [0, 0.1) is 6.92 Å². The van der Waals surface area contributed by atoms with Crippen molar-refractivity contribution in [2.45, 2.75) is 20.4 Å². The van der Waals surface area contributed by atoms with Gasteiger partial charge in [-0.3, -0.25) is 4.57 Å². The Bertz CT molecular complexity index is 574. The summed E-state index contributed by atoms with van der Waals surface area (Å²) < 4.78 is 1.57. The van der Waals surface area contributed by atoms with Crippen LogP contribution in [-0.2, 0) is 6.54 Å². The zero-order valence-corrected chi connectivity index (χ0v) is 10.6. The Morgan fingerprint density at radius 2 is 2.17 bits per heavy atom. The summed E-state index contributed by atoms with van der Waals surface area (Å²) in [5.74, 6) is 0.843. The van der Waals surface area contributed by atoms with E-state index >= 15 is 0 Å². The molecular formula is C13H16N4O. The molecule has 0 saturated carbocycles. The lowest BCUT2D eigenvalue weighted by Crippen LogP contribution is -2.23. The molecule has 0 saturated heterocycles. The van der Waals surface area contributed by atoms with Crippen LogP contribution in [0.4, 0.5) is 5.82 Å². The van der Waals surface area contributed by atoms with Gasteiger partial charge in [-0.1, -0.05) is 6.07 Å². The predicted octanol–water partition coefficient (Wildman–Crippen LogP) is 1.43. The fourth-order valence-electron chi connectivity index (χ4n) is 1.63. The molecule has 0 atom stereocenters. The van der Waals surface area contributed by atoms with Gasteiger partial charge in [0.2, 0.25) is 0 Å². The first kappa shape index (κ1) is 12.3. The molecule has 0 unspecified atom stereocenters. The molecule has 0 aliphatic heterocycles. The number of anilines is 1. The third kappa shape index (κ3) is 2.94. The molecule has 0 aliphatic carbocycles. The summed E-state index contributed by atoms with van der Waals surface area (Å²) in [6, 6.07) is 5.69. The molecule has 0 aliphatic rings. The van der Waals surface area contributed by atoms with Gasteiger partial charge in [-0.15, -0.1) is 0 Å². The maximum absolute atomic E-state index is 11.6. The van der Waals surface area contributed by atoms with Gasteiger partial charge in [-0.25, -0.2) is 9.78 Å². The van der Waals surface area contributed by atoms with E-state index in [-0.39, 0.29) is 5.69 Å². The number of aromatic nitrogens is 3. The largest absolute Gasteiger partial charge is 0.370 e. The number of hydrogen-bond acceptors (Lipinski definition) is 4. The average Bonchev–Trinajstić information content (AvgIpc) is 2.35. The molecule has 2 aromatic rings. The van der Waals surface area contributed by atoms with Crippen LogP contribution in [0.3, 0.4) is 0 Å². The molecule has 2 heterocycles. The fourth-order valence-corrected chi connectivity index (χ4v) is 1.63. The van der Waals surface area contributed by atoms with Gasteiger partial charge in [0, 0.05) is 24.6 Å². The SMILES string of the molecule is CCNc1ccc(Cn2ccc(C)nc2=O)cn1. The Labute approximate surface area is 106 Å². The highest BCUT2D eigenvalue weighted by atomic mass is 16.1. The summed E-state index contributed by atoms with van der Waals surface area (Å²) in [6.45, 7) is 5.16. The first-order chi connectivity index (χ1) is 8.69. The molecule has 0 fully saturated rings. The number of aryl methyl sites for hydroxylation is 1. The van der Waals surface area contributed by atoms with Gasteiger partial charge in [0.05, 0.1) is 6.54 Å². The zero-order chi connectivity index (χ0) is 13.0. The molecule has 0 bridgehead atoms. The highest BCUT2D eigenvalue weighted by molar-refractivity contribution is 5.35. The van der Waals surface area contributed by atoms with E-state index in [0.717, 1.165) is 23.6 Å². The Morgan fingerprint density at radius 3 is 2.78 bits per heavy atom. The van der Waals surface area contributed by atoms with Crippen LogP contribution in [0.1, 0.15) is 18.2 Å². The third-order valence-electron chi connectivity index (χ3n) is 2.55. The van der Waals surface area contributed by atoms with Crippen molar-refractivity contribution in [3.8, 4) is 0 Å². The Morgan fingerprint density at radius 1 is 1.33 bits per heavy atom. The van der Waals surface area contributed by atoms with E-state index < -0.39 is 0 Å². The highest BCUT2D eigenvalue weighted by Crippen LogP contribution is 2.05. The summed E-state index contributed by atoms with van der Waals surface area (Å²) in [5.41, 5.74) is 1.48. The quantitative estimate of drug-likeness (QED) is 0.883. The number of nitrogens with one attached hydrogen (secondary N) is 1. The van der Waals surface area contributed by atoms with Crippen LogP contribution in [0.2, 0.25) is 0 Å². The molecule has 18 heavy (non-hydrogen) atoms. The minimum absolute atomic E-state index is 0.231. The van der Waals surface area contributed by atoms with Gasteiger partial charge in [0.25, 0.3) is 0 Å². The predicted molar refractivity (Wildman–Crippen MR) is 70.7 cm³/mol. The monoisotopic (exact) mass is 244 g/mol. The lowest BCUT2D eigenvalue weighted by atomic mass is 10.3. The highest BCUT2D eigenvalue weighted by Gasteiger charge is 2.00. The zero-order valence-electron chi connectivity index (χ0n) is 10.6. The first-order valence-corrected chi connectivity index (χ1v) is 5.92. The number of nitrogens with zero attached hydrogens (tertiary/aromatic N) is 3. The van der Waals surface area contributed by atoms with Crippen LogP contribution in [0.5, 0.6) is 0 Å². The number of rotatable bonds is 4. The molecule has 0 radical (unpaired) electrons. The van der Waals surface area contributed by atoms with Crippen LogP contribution in [0.25, 0.3) is 0 Å². The van der Waals surface area contributed by atoms with E-state index in [1.54, 1.807) is 23.9 Å². The van der Waals surface area contributed by atoms with Gasteiger partial charge in [-0.2, -0.15) is 4.98 Å². The van der Waals surface area contributed by atoms with E-state index in [4.69, 9.17) is 0 Å². The summed E-state index contributed by atoms with van der Waals surface area (Å²) in [4.78, 5) is 19.8. The lowest BCUT2D eigenvalue weighted by molar-refractivity contribution is 0.718. The third-order valence-corrected chi connectivity index (χ3v) is 2.55. The molecule has 2 rings (SSSR count).